The number of hydrogen-bond donors (Lipinski definition) is 0. The standard InChI is InChI=1S/C15H15ClN2O/c1-18(2)9-13-12(5-6-15(13)19)10-3-4-11(8-17)14(16)7-10/h3-4,7,9,12H,5-6H2,1-2H3/b13-9-/t12-/m1/s1. The number of nitrogens with zero attached hydrogens (tertiary/aromatic N) is 2. The zero-order chi connectivity index (χ0) is 14.0. The molecule has 0 aliphatic heterocycles. The van der Waals surface area contributed by atoms with Crippen LogP contribution in [0.2, 0.25) is 5.02 Å². The van der Waals surface area contributed by atoms with Gasteiger partial charge in [0, 0.05) is 38.2 Å². The number of nitriles is 1. The minimum absolute atomic E-state index is 0.0835. The summed E-state index contributed by atoms with van der Waals surface area (Å²) in [4.78, 5) is 13.8. The second kappa shape index (κ2) is 5.46. The molecule has 0 spiro atoms. The van der Waals surface area contributed by atoms with E-state index in [0.29, 0.717) is 17.0 Å². The number of allylic oxidation sites excluding steroid dienone is 1. The van der Waals surface area contributed by atoms with Crippen LogP contribution in [0.3, 0.4) is 0 Å². The Labute approximate surface area is 118 Å². The van der Waals surface area contributed by atoms with Crippen LogP contribution >= 0.6 is 11.6 Å². The van der Waals surface area contributed by atoms with Crippen molar-refractivity contribution in [2.45, 2.75) is 18.8 Å². The molecule has 2 rings (SSSR count). The van der Waals surface area contributed by atoms with Gasteiger partial charge >= 0.3 is 0 Å². The van der Waals surface area contributed by atoms with Crippen molar-refractivity contribution in [1.29, 1.82) is 5.26 Å². The summed E-state index contributed by atoms with van der Waals surface area (Å²) in [5.74, 6) is 0.277. The fourth-order valence-electron chi connectivity index (χ4n) is 2.39. The lowest BCUT2D eigenvalue weighted by Gasteiger charge is -2.15. The second-order valence-electron chi connectivity index (χ2n) is 4.91. The number of benzene rings is 1. The maximum Gasteiger partial charge on any atom is 0.160 e. The van der Waals surface area contributed by atoms with Gasteiger partial charge in [0.1, 0.15) is 6.07 Å². The molecule has 98 valence electrons. The number of hydrogen-bond acceptors (Lipinski definition) is 3. The van der Waals surface area contributed by atoms with Crippen molar-refractivity contribution in [3.63, 3.8) is 0 Å². The van der Waals surface area contributed by atoms with Crippen LogP contribution in [0.4, 0.5) is 0 Å². The molecule has 19 heavy (non-hydrogen) atoms. The van der Waals surface area contributed by atoms with Gasteiger partial charge in [0.05, 0.1) is 10.6 Å². The van der Waals surface area contributed by atoms with Crippen LogP contribution in [0, 0.1) is 11.3 Å². The number of ketones is 1. The molecule has 1 fully saturated rings. The van der Waals surface area contributed by atoms with Gasteiger partial charge in [-0.1, -0.05) is 17.7 Å². The maximum atomic E-state index is 11.9. The van der Waals surface area contributed by atoms with Crippen LogP contribution in [0.25, 0.3) is 0 Å². The molecule has 1 aromatic rings. The summed E-state index contributed by atoms with van der Waals surface area (Å²) in [5, 5.41) is 9.33. The molecule has 3 nitrogen and oxygen atoms in total. The van der Waals surface area contributed by atoms with E-state index in [1.165, 1.54) is 0 Å². The Kier molecular flexibility index (Phi) is 3.92. The summed E-state index contributed by atoms with van der Waals surface area (Å²) in [6.45, 7) is 0. The summed E-state index contributed by atoms with van der Waals surface area (Å²) in [6.07, 6.45) is 3.26. The summed E-state index contributed by atoms with van der Waals surface area (Å²) < 4.78 is 0. The lowest BCUT2D eigenvalue weighted by atomic mass is 9.93. The lowest BCUT2D eigenvalue weighted by Crippen LogP contribution is -2.09. The Morgan fingerprint density at radius 2 is 2.21 bits per heavy atom. The molecule has 0 N–H and O–H groups in total. The van der Waals surface area contributed by atoms with Crippen LogP contribution in [-0.4, -0.2) is 24.8 Å². The molecule has 0 bridgehead atoms. The first kappa shape index (κ1) is 13.6. The molecule has 0 heterocycles. The molecule has 0 aromatic heterocycles. The predicted octanol–water partition coefficient (Wildman–Crippen LogP) is 3.10. The number of Topliss-reactive ketones (excluding diaryl/α,β-unsaturated/α-hetero) is 1. The van der Waals surface area contributed by atoms with Crippen molar-refractivity contribution < 1.29 is 4.79 Å². The summed E-state index contributed by atoms with van der Waals surface area (Å²) >= 11 is 6.06. The van der Waals surface area contributed by atoms with Crippen molar-refractivity contribution in [3.8, 4) is 6.07 Å². The van der Waals surface area contributed by atoms with Crippen LogP contribution in [-0.2, 0) is 4.79 Å². The highest BCUT2D eigenvalue weighted by Crippen LogP contribution is 2.38. The van der Waals surface area contributed by atoms with Crippen molar-refractivity contribution in [1.82, 2.24) is 4.90 Å². The van der Waals surface area contributed by atoms with Crippen molar-refractivity contribution in [2.75, 3.05) is 14.1 Å². The topological polar surface area (TPSA) is 44.1 Å². The van der Waals surface area contributed by atoms with Gasteiger partial charge < -0.3 is 4.90 Å². The maximum absolute atomic E-state index is 11.9. The molecular formula is C15H15ClN2O. The van der Waals surface area contributed by atoms with E-state index in [-0.39, 0.29) is 11.7 Å². The largest absolute Gasteiger partial charge is 0.383 e. The number of rotatable bonds is 2. The Balaban J connectivity index is 2.39. The van der Waals surface area contributed by atoms with E-state index in [1.54, 1.807) is 12.1 Å². The fourth-order valence-corrected chi connectivity index (χ4v) is 2.63. The third-order valence-electron chi connectivity index (χ3n) is 3.27. The van der Waals surface area contributed by atoms with Gasteiger partial charge in [-0.05, 0) is 24.1 Å². The van der Waals surface area contributed by atoms with E-state index >= 15 is 0 Å². The molecule has 1 saturated carbocycles. The first-order chi connectivity index (χ1) is 9.02. The van der Waals surface area contributed by atoms with Crippen molar-refractivity contribution >= 4 is 17.4 Å². The Hall–Kier alpha value is -1.79. The molecule has 0 amide bonds. The minimum Gasteiger partial charge on any atom is -0.383 e. The van der Waals surface area contributed by atoms with Gasteiger partial charge in [0.2, 0.25) is 0 Å². The first-order valence-corrected chi connectivity index (χ1v) is 6.51. The van der Waals surface area contributed by atoms with Crippen LogP contribution in [0.1, 0.15) is 29.9 Å². The highest BCUT2D eigenvalue weighted by atomic mass is 35.5. The third kappa shape index (κ3) is 2.80. The Bertz CT molecular complexity index is 584. The number of carbonyl (C=O) groups is 1. The van der Waals surface area contributed by atoms with E-state index in [0.717, 1.165) is 17.6 Å². The van der Waals surface area contributed by atoms with E-state index in [9.17, 15) is 4.79 Å². The molecule has 1 aliphatic carbocycles. The van der Waals surface area contributed by atoms with Gasteiger partial charge in [0.25, 0.3) is 0 Å². The molecule has 0 radical (unpaired) electrons. The van der Waals surface area contributed by atoms with Crippen molar-refractivity contribution in [2.24, 2.45) is 0 Å². The van der Waals surface area contributed by atoms with E-state index in [1.807, 2.05) is 37.3 Å². The normalized spacial score (nSPS) is 20.6. The van der Waals surface area contributed by atoms with E-state index in [2.05, 4.69) is 0 Å². The molecule has 1 aromatic carbocycles. The Morgan fingerprint density at radius 3 is 2.79 bits per heavy atom. The highest BCUT2D eigenvalue weighted by Gasteiger charge is 2.30. The minimum atomic E-state index is 0.0835. The van der Waals surface area contributed by atoms with E-state index < -0.39 is 0 Å². The second-order valence-corrected chi connectivity index (χ2v) is 5.32. The average Bonchev–Trinajstić information content (AvgIpc) is 2.70. The Morgan fingerprint density at radius 1 is 1.47 bits per heavy atom. The quantitative estimate of drug-likeness (QED) is 0.779. The molecular weight excluding hydrogens is 260 g/mol. The molecule has 0 saturated heterocycles. The van der Waals surface area contributed by atoms with Crippen LogP contribution in [0.15, 0.2) is 30.0 Å². The molecule has 1 aliphatic rings. The van der Waals surface area contributed by atoms with Crippen LogP contribution in [0.5, 0.6) is 0 Å². The van der Waals surface area contributed by atoms with E-state index in [4.69, 9.17) is 16.9 Å². The lowest BCUT2D eigenvalue weighted by molar-refractivity contribution is -0.114. The highest BCUT2D eigenvalue weighted by molar-refractivity contribution is 6.31. The van der Waals surface area contributed by atoms with Gasteiger partial charge in [-0.25, -0.2) is 0 Å². The smallest absolute Gasteiger partial charge is 0.160 e. The summed E-state index contributed by atoms with van der Waals surface area (Å²) in [6, 6.07) is 7.44. The van der Waals surface area contributed by atoms with Crippen LogP contribution < -0.4 is 0 Å². The predicted molar refractivity (Wildman–Crippen MR) is 74.9 cm³/mol. The monoisotopic (exact) mass is 274 g/mol. The summed E-state index contributed by atoms with van der Waals surface area (Å²) in [7, 11) is 3.81. The zero-order valence-corrected chi connectivity index (χ0v) is 11.7. The third-order valence-corrected chi connectivity index (χ3v) is 3.58. The number of carbonyl (C=O) groups excluding carboxylic acids is 1. The first-order valence-electron chi connectivity index (χ1n) is 6.14. The van der Waals surface area contributed by atoms with Gasteiger partial charge in [-0.15, -0.1) is 0 Å². The zero-order valence-electron chi connectivity index (χ0n) is 11.0. The van der Waals surface area contributed by atoms with Gasteiger partial charge in [-0.2, -0.15) is 5.26 Å². The molecule has 0 unspecified atom stereocenters. The average molecular weight is 275 g/mol. The van der Waals surface area contributed by atoms with Gasteiger partial charge in [0.15, 0.2) is 5.78 Å². The fraction of sp³-hybridized carbons (Fsp3) is 0.333. The SMILES string of the molecule is CN(C)/C=C1\C(=O)CC[C@@H]1c1ccc(C#N)c(Cl)c1. The number of halogens is 1. The summed E-state index contributed by atoms with van der Waals surface area (Å²) in [5.41, 5.74) is 2.29. The van der Waals surface area contributed by atoms with Crippen molar-refractivity contribution in [3.05, 3.63) is 46.1 Å². The van der Waals surface area contributed by atoms with Gasteiger partial charge in [-0.3, -0.25) is 4.79 Å². The molecule has 4 heteroatoms. The molecule has 1 atom stereocenters.